The van der Waals surface area contributed by atoms with Crippen molar-refractivity contribution in [3.63, 3.8) is 0 Å². The van der Waals surface area contributed by atoms with Crippen molar-refractivity contribution in [2.24, 2.45) is 11.7 Å². The number of hydrogen-bond donors (Lipinski definition) is 3. The van der Waals surface area contributed by atoms with Gasteiger partial charge in [-0.1, -0.05) is 19.3 Å². The number of carboxylic acid groups (broad SMARTS) is 1. The van der Waals surface area contributed by atoms with Crippen molar-refractivity contribution in [3.05, 3.63) is 0 Å². The molecule has 1 rings (SSSR count). The van der Waals surface area contributed by atoms with E-state index in [9.17, 15) is 14.4 Å². The molecule has 0 saturated heterocycles. The second kappa shape index (κ2) is 6.98. The highest BCUT2D eigenvalue weighted by Crippen LogP contribution is 2.23. The summed E-state index contributed by atoms with van der Waals surface area (Å²) in [4.78, 5) is 33.5. The number of rotatable bonds is 6. The summed E-state index contributed by atoms with van der Waals surface area (Å²) in [6, 6.07) is -1.02. The first-order valence-electron chi connectivity index (χ1n) is 6.32. The van der Waals surface area contributed by atoms with Crippen LogP contribution in [0.15, 0.2) is 0 Å². The predicted molar refractivity (Wildman–Crippen MR) is 64.6 cm³/mol. The van der Waals surface area contributed by atoms with Crippen LogP contribution < -0.4 is 11.1 Å². The maximum absolute atomic E-state index is 11.9. The number of amides is 2. The number of hydrogen-bond acceptors (Lipinski definition) is 3. The third kappa shape index (κ3) is 4.73. The van der Waals surface area contributed by atoms with Crippen molar-refractivity contribution in [1.82, 2.24) is 5.32 Å². The number of carbonyl (C=O) groups is 3. The maximum Gasteiger partial charge on any atom is 0.326 e. The van der Waals surface area contributed by atoms with E-state index in [0.717, 1.165) is 32.1 Å². The van der Waals surface area contributed by atoms with Crippen molar-refractivity contribution >= 4 is 17.8 Å². The Kier molecular flexibility index (Phi) is 5.61. The minimum Gasteiger partial charge on any atom is -0.480 e. The Morgan fingerprint density at radius 3 is 2.33 bits per heavy atom. The van der Waals surface area contributed by atoms with Crippen LogP contribution in [-0.4, -0.2) is 28.9 Å². The topological polar surface area (TPSA) is 109 Å². The molecule has 0 bridgehead atoms. The van der Waals surface area contributed by atoms with Gasteiger partial charge in [0.2, 0.25) is 11.8 Å². The molecule has 6 nitrogen and oxygen atoms in total. The molecule has 2 amide bonds. The van der Waals surface area contributed by atoms with Crippen LogP contribution in [0.4, 0.5) is 0 Å². The quantitative estimate of drug-likeness (QED) is 0.639. The minimum absolute atomic E-state index is 0.0398. The molecule has 0 radical (unpaired) electrons. The van der Waals surface area contributed by atoms with Gasteiger partial charge in [0.25, 0.3) is 0 Å². The summed E-state index contributed by atoms with van der Waals surface area (Å²) in [5.74, 6) is -1.99. The fraction of sp³-hybridized carbons (Fsp3) is 0.750. The molecule has 1 aliphatic rings. The average molecular weight is 256 g/mol. The Morgan fingerprint density at radius 1 is 1.22 bits per heavy atom. The largest absolute Gasteiger partial charge is 0.480 e. The molecular weight excluding hydrogens is 236 g/mol. The molecule has 0 aromatic carbocycles. The van der Waals surface area contributed by atoms with Gasteiger partial charge in [0, 0.05) is 12.3 Å². The molecule has 0 aromatic heterocycles. The third-order valence-electron chi connectivity index (χ3n) is 3.27. The zero-order valence-corrected chi connectivity index (χ0v) is 10.4. The van der Waals surface area contributed by atoms with E-state index >= 15 is 0 Å². The van der Waals surface area contributed by atoms with Crippen LogP contribution in [0, 0.1) is 5.92 Å². The van der Waals surface area contributed by atoms with Crippen LogP contribution in [0.3, 0.4) is 0 Å². The summed E-state index contributed by atoms with van der Waals surface area (Å²) in [6.07, 6.45) is 4.79. The number of nitrogens with two attached hydrogens (primary N) is 1. The number of aliphatic carboxylic acids is 1. The first-order chi connectivity index (χ1) is 8.50. The fourth-order valence-electron chi connectivity index (χ4n) is 2.20. The van der Waals surface area contributed by atoms with E-state index in [1.54, 1.807) is 0 Å². The van der Waals surface area contributed by atoms with Crippen molar-refractivity contribution in [2.75, 3.05) is 0 Å². The highest BCUT2D eigenvalue weighted by Gasteiger charge is 2.26. The van der Waals surface area contributed by atoms with Gasteiger partial charge in [0.05, 0.1) is 0 Å². The molecule has 1 aliphatic carbocycles. The van der Waals surface area contributed by atoms with Crippen LogP contribution in [0.2, 0.25) is 0 Å². The van der Waals surface area contributed by atoms with Crippen LogP contribution in [0.25, 0.3) is 0 Å². The molecule has 0 heterocycles. The smallest absolute Gasteiger partial charge is 0.326 e. The summed E-state index contributed by atoms with van der Waals surface area (Å²) >= 11 is 0. The fourth-order valence-corrected chi connectivity index (χ4v) is 2.20. The van der Waals surface area contributed by atoms with Gasteiger partial charge in [-0.25, -0.2) is 4.79 Å². The molecule has 1 saturated carbocycles. The van der Waals surface area contributed by atoms with Gasteiger partial charge in [-0.2, -0.15) is 0 Å². The van der Waals surface area contributed by atoms with E-state index in [-0.39, 0.29) is 24.7 Å². The normalized spacial score (nSPS) is 18.0. The first-order valence-corrected chi connectivity index (χ1v) is 6.32. The lowest BCUT2D eigenvalue weighted by atomic mass is 9.88. The van der Waals surface area contributed by atoms with Gasteiger partial charge in [0.1, 0.15) is 6.04 Å². The van der Waals surface area contributed by atoms with E-state index < -0.39 is 17.9 Å². The van der Waals surface area contributed by atoms with E-state index in [2.05, 4.69) is 5.32 Å². The summed E-state index contributed by atoms with van der Waals surface area (Å²) in [7, 11) is 0. The second-order valence-corrected chi connectivity index (χ2v) is 4.74. The average Bonchev–Trinajstić information content (AvgIpc) is 2.34. The first kappa shape index (κ1) is 14.5. The Balaban J connectivity index is 2.46. The minimum atomic E-state index is -1.12. The molecule has 0 aliphatic heterocycles. The van der Waals surface area contributed by atoms with Crippen molar-refractivity contribution in [1.29, 1.82) is 0 Å². The number of primary amides is 1. The lowest BCUT2D eigenvalue weighted by Gasteiger charge is -2.23. The van der Waals surface area contributed by atoms with Crippen molar-refractivity contribution in [3.8, 4) is 0 Å². The zero-order chi connectivity index (χ0) is 13.5. The number of carbonyl (C=O) groups excluding carboxylic acids is 2. The highest BCUT2D eigenvalue weighted by molar-refractivity contribution is 5.85. The molecule has 0 spiro atoms. The summed E-state index contributed by atoms with van der Waals surface area (Å²) in [5, 5.41) is 11.5. The number of nitrogens with one attached hydrogen (secondary N) is 1. The van der Waals surface area contributed by atoms with E-state index in [0.29, 0.717) is 0 Å². The highest BCUT2D eigenvalue weighted by atomic mass is 16.4. The van der Waals surface area contributed by atoms with Gasteiger partial charge in [-0.3, -0.25) is 9.59 Å². The second-order valence-electron chi connectivity index (χ2n) is 4.74. The molecule has 6 heteroatoms. The van der Waals surface area contributed by atoms with Gasteiger partial charge >= 0.3 is 5.97 Å². The molecule has 102 valence electrons. The van der Waals surface area contributed by atoms with Crippen LogP contribution in [0.5, 0.6) is 0 Å². The lowest BCUT2D eigenvalue weighted by Crippen LogP contribution is -2.44. The molecular formula is C12H20N2O4. The standard InChI is InChI=1S/C12H20N2O4/c13-10(15)7-6-9(12(17)18)14-11(16)8-4-2-1-3-5-8/h8-9H,1-7H2,(H2,13,15)(H,14,16)(H,17,18)/t9-/m1/s1. The SMILES string of the molecule is NC(=O)CC[C@@H](NC(=O)C1CCCCC1)C(=O)O. The Morgan fingerprint density at radius 2 is 1.83 bits per heavy atom. The van der Waals surface area contributed by atoms with Crippen LogP contribution in [0.1, 0.15) is 44.9 Å². The molecule has 4 N–H and O–H groups in total. The number of carboxylic acids is 1. The Bertz CT molecular complexity index is 324. The van der Waals surface area contributed by atoms with Gasteiger partial charge < -0.3 is 16.2 Å². The Labute approximate surface area is 106 Å². The summed E-state index contributed by atoms with van der Waals surface area (Å²) in [5.41, 5.74) is 4.97. The van der Waals surface area contributed by atoms with Crippen molar-refractivity contribution < 1.29 is 19.5 Å². The van der Waals surface area contributed by atoms with E-state index in [4.69, 9.17) is 10.8 Å². The van der Waals surface area contributed by atoms with Crippen molar-refractivity contribution in [2.45, 2.75) is 51.0 Å². The van der Waals surface area contributed by atoms with Crippen LogP contribution in [-0.2, 0) is 14.4 Å². The summed E-state index contributed by atoms with van der Waals surface area (Å²) < 4.78 is 0. The monoisotopic (exact) mass is 256 g/mol. The molecule has 18 heavy (non-hydrogen) atoms. The maximum atomic E-state index is 11.9. The molecule has 0 aromatic rings. The van der Waals surface area contributed by atoms with E-state index in [1.807, 2.05) is 0 Å². The molecule has 0 unspecified atom stereocenters. The predicted octanol–water partition coefficient (Wildman–Crippen LogP) is 0.402. The third-order valence-corrected chi connectivity index (χ3v) is 3.27. The van der Waals surface area contributed by atoms with Gasteiger partial charge in [-0.15, -0.1) is 0 Å². The van der Waals surface area contributed by atoms with E-state index in [1.165, 1.54) is 0 Å². The van der Waals surface area contributed by atoms with Gasteiger partial charge in [0.15, 0.2) is 0 Å². The molecule has 1 fully saturated rings. The van der Waals surface area contributed by atoms with Gasteiger partial charge in [-0.05, 0) is 19.3 Å². The van der Waals surface area contributed by atoms with Crippen LogP contribution >= 0.6 is 0 Å². The zero-order valence-electron chi connectivity index (χ0n) is 10.4. The summed E-state index contributed by atoms with van der Waals surface area (Å²) in [6.45, 7) is 0. The lowest BCUT2D eigenvalue weighted by molar-refractivity contribution is -0.143. The Hall–Kier alpha value is -1.59. The molecule has 1 atom stereocenters.